The topological polar surface area (TPSA) is 102 Å². The molecule has 4 N–H and O–H groups in total. The van der Waals surface area contributed by atoms with Crippen molar-refractivity contribution in [3.8, 4) is 0 Å². The molecule has 1 aromatic carbocycles. The Labute approximate surface area is 200 Å². The smallest absolute Gasteiger partial charge is 0.369 e. The maximum absolute atomic E-state index is 13.4. The van der Waals surface area contributed by atoms with E-state index in [1.165, 1.54) is 11.0 Å². The average molecular weight is 483 g/mol. The van der Waals surface area contributed by atoms with Crippen molar-refractivity contribution >= 4 is 17.5 Å². The third kappa shape index (κ3) is 3.52. The first kappa shape index (κ1) is 23.1. The summed E-state index contributed by atoms with van der Waals surface area (Å²) in [5, 5.41) is 0. The zero-order valence-electron chi connectivity index (χ0n) is 18.9. The number of carbonyl (C=O) groups excluding carboxylic acids is 2. The van der Waals surface area contributed by atoms with Crippen molar-refractivity contribution < 1.29 is 22.8 Å². The van der Waals surface area contributed by atoms with E-state index in [2.05, 4.69) is 4.98 Å². The molecule has 35 heavy (non-hydrogen) atoms. The predicted octanol–water partition coefficient (Wildman–Crippen LogP) is 4.17. The van der Waals surface area contributed by atoms with Gasteiger partial charge in [0, 0.05) is 30.4 Å². The Balaban J connectivity index is 1.70. The fourth-order valence-corrected chi connectivity index (χ4v) is 5.94. The molecular weight excluding hydrogens is 457 g/mol. The number of allylic oxidation sites excluding steroid dienone is 2. The van der Waals surface area contributed by atoms with Crippen molar-refractivity contribution in [3.63, 3.8) is 0 Å². The van der Waals surface area contributed by atoms with E-state index in [0.29, 0.717) is 42.5 Å². The molecule has 0 saturated heterocycles. The van der Waals surface area contributed by atoms with Crippen LogP contribution in [0.3, 0.4) is 0 Å². The zero-order chi connectivity index (χ0) is 25.0. The summed E-state index contributed by atoms with van der Waals surface area (Å²) in [5.41, 5.74) is 12.4. The van der Waals surface area contributed by atoms with E-state index in [-0.39, 0.29) is 13.0 Å². The number of hydrogen-bond acceptors (Lipinski definition) is 3. The molecule has 1 unspecified atom stereocenters. The quantitative estimate of drug-likeness (QED) is 0.684. The van der Waals surface area contributed by atoms with Crippen LogP contribution in [-0.2, 0) is 16.4 Å². The highest BCUT2D eigenvalue weighted by Crippen LogP contribution is 2.66. The Morgan fingerprint density at radius 2 is 1.83 bits per heavy atom. The van der Waals surface area contributed by atoms with Crippen molar-refractivity contribution in [2.24, 2.45) is 16.9 Å². The highest BCUT2D eigenvalue weighted by Gasteiger charge is 2.66. The van der Waals surface area contributed by atoms with Crippen LogP contribution in [0.15, 0.2) is 65.9 Å². The van der Waals surface area contributed by atoms with Gasteiger partial charge in [-0.05, 0) is 72.2 Å². The number of amides is 3. The van der Waals surface area contributed by atoms with Gasteiger partial charge in [-0.1, -0.05) is 24.3 Å². The van der Waals surface area contributed by atoms with Gasteiger partial charge in [-0.25, -0.2) is 4.79 Å². The number of alkyl halides is 3. The maximum Gasteiger partial charge on any atom is 0.416 e. The number of carbonyl (C=O) groups is 2. The Morgan fingerprint density at radius 1 is 1.06 bits per heavy atom. The second-order valence-corrected chi connectivity index (χ2v) is 9.43. The van der Waals surface area contributed by atoms with E-state index in [1.807, 2.05) is 18.2 Å². The number of hydrogen-bond donors (Lipinski definition) is 2. The average Bonchev–Trinajstić information content (AvgIpc) is 3.65. The van der Waals surface area contributed by atoms with E-state index in [9.17, 15) is 22.8 Å². The van der Waals surface area contributed by atoms with Crippen LogP contribution >= 0.6 is 0 Å². The van der Waals surface area contributed by atoms with Crippen LogP contribution in [0.2, 0.25) is 0 Å². The Morgan fingerprint density at radius 3 is 2.43 bits per heavy atom. The minimum atomic E-state index is -4.48. The number of aromatic nitrogens is 1. The summed E-state index contributed by atoms with van der Waals surface area (Å²) in [4.78, 5) is 31.5. The fourth-order valence-electron chi connectivity index (χ4n) is 5.94. The second-order valence-electron chi connectivity index (χ2n) is 9.43. The van der Waals surface area contributed by atoms with E-state index in [1.54, 1.807) is 18.3 Å². The molecule has 1 fully saturated rings. The van der Waals surface area contributed by atoms with Gasteiger partial charge in [-0.3, -0.25) is 9.78 Å². The SMILES string of the molecule is NC(=O)N1CCC2=C(C1)C(C(N)=O)(C1(c3ccccn3)CC1)CC=C2c1cccc(C(F)(F)F)c1. The molecule has 0 spiro atoms. The number of nitrogens with two attached hydrogens (primary N) is 2. The zero-order valence-corrected chi connectivity index (χ0v) is 18.9. The number of halogens is 3. The molecule has 1 aromatic heterocycles. The van der Waals surface area contributed by atoms with Crippen LogP contribution in [0.5, 0.6) is 0 Å². The highest BCUT2D eigenvalue weighted by atomic mass is 19.4. The summed E-state index contributed by atoms with van der Waals surface area (Å²) in [6.07, 6.45) is 0.959. The molecule has 1 saturated carbocycles. The molecule has 0 radical (unpaired) electrons. The van der Waals surface area contributed by atoms with Gasteiger partial charge in [0.15, 0.2) is 0 Å². The van der Waals surface area contributed by atoms with Gasteiger partial charge in [0.1, 0.15) is 0 Å². The number of nitrogens with zero attached hydrogens (tertiary/aromatic N) is 2. The fraction of sp³-hybridized carbons (Fsp3) is 0.346. The Kier molecular flexibility index (Phi) is 5.27. The van der Waals surface area contributed by atoms with E-state index < -0.39 is 34.5 Å². The summed E-state index contributed by atoms with van der Waals surface area (Å²) >= 11 is 0. The first-order valence-electron chi connectivity index (χ1n) is 11.5. The number of primary amides is 2. The van der Waals surface area contributed by atoms with Gasteiger partial charge in [0.25, 0.3) is 0 Å². The molecule has 1 aliphatic heterocycles. The first-order chi connectivity index (χ1) is 16.6. The molecule has 182 valence electrons. The molecule has 1 atom stereocenters. The second kappa shape index (κ2) is 7.96. The van der Waals surface area contributed by atoms with E-state index in [0.717, 1.165) is 23.4 Å². The molecule has 2 aliphatic carbocycles. The normalized spacial score (nSPS) is 23.4. The third-order valence-electron chi connectivity index (χ3n) is 7.75. The van der Waals surface area contributed by atoms with E-state index in [4.69, 9.17) is 11.5 Å². The van der Waals surface area contributed by atoms with Crippen LogP contribution in [0.4, 0.5) is 18.0 Å². The molecule has 2 aromatic rings. The van der Waals surface area contributed by atoms with Crippen LogP contribution in [0, 0.1) is 5.41 Å². The summed E-state index contributed by atoms with van der Waals surface area (Å²) in [7, 11) is 0. The molecule has 3 aliphatic rings. The predicted molar refractivity (Wildman–Crippen MR) is 124 cm³/mol. The molecule has 5 rings (SSSR count). The number of urea groups is 1. The molecule has 0 bridgehead atoms. The van der Waals surface area contributed by atoms with Crippen LogP contribution in [-0.4, -0.2) is 34.9 Å². The summed E-state index contributed by atoms with van der Waals surface area (Å²) < 4.78 is 40.3. The molecular formula is C26H25F3N4O2. The van der Waals surface area contributed by atoms with Crippen molar-refractivity contribution in [1.82, 2.24) is 9.88 Å². The Bertz CT molecular complexity index is 1260. The van der Waals surface area contributed by atoms with E-state index >= 15 is 0 Å². The first-order valence-corrected chi connectivity index (χ1v) is 11.5. The number of benzene rings is 1. The molecule has 2 heterocycles. The Hall–Kier alpha value is -3.62. The van der Waals surface area contributed by atoms with Gasteiger partial charge in [0.05, 0.1) is 11.0 Å². The van der Waals surface area contributed by atoms with Crippen LogP contribution < -0.4 is 11.5 Å². The standard InChI is InChI=1S/C26H25F3N4O2/c27-26(28,29)17-5-3-4-16(14-17)18-7-9-25(22(30)34,20-15-33(23(31)35)13-8-19(18)20)24(10-11-24)21-6-1-2-12-32-21/h1-7,12,14H,8-11,13,15H2,(H2,30,34)(H2,31,35). The molecule has 6 nitrogen and oxygen atoms in total. The van der Waals surface area contributed by atoms with Gasteiger partial charge in [-0.2, -0.15) is 13.2 Å². The lowest BCUT2D eigenvalue weighted by Gasteiger charge is -2.47. The van der Waals surface area contributed by atoms with Crippen molar-refractivity contribution in [2.75, 3.05) is 13.1 Å². The van der Waals surface area contributed by atoms with Crippen LogP contribution in [0.25, 0.3) is 5.57 Å². The summed E-state index contributed by atoms with van der Waals surface area (Å²) in [6, 6.07) is 10.1. The van der Waals surface area contributed by atoms with Gasteiger partial charge >= 0.3 is 12.2 Å². The lowest BCUT2D eigenvalue weighted by Crippen LogP contribution is -2.54. The highest BCUT2D eigenvalue weighted by molar-refractivity contribution is 5.94. The van der Waals surface area contributed by atoms with Gasteiger partial charge in [0.2, 0.25) is 5.91 Å². The van der Waals surface area contributed by atoms with Crippen molar-refractivity contribution in [1.29, 1.82) is 0 Å². The minimum Gasteiger partial charge on any atom is -0.369 e. The number of rotatable bonds is 4. The largest absolute Gasteiger partial charge is 0.416 e. The lowest BCUT2D eigenvalue weighted by atomic mass is 9.58. The molecule has 9 heteroatoms. The van der Waals surface area contributed by atoms with Crippen molar-refractivity contribution in [3.05, 3.63) is 82.7 Å². The number of pyridine rings is 1. The third-order valence-corrected chi connectivity index (χ3v) is 7.75. The van der Waals surface area contributed by atoms with Gasteiger partial charge < -0.3 is 16.4 Å². The van der Waals surface area contributed by atoms with Crippen molar-refractivity contribution in [2.45, 2.75) is 37.3 Å². The van der Waals surface area contributed by atoms with Gasteiger partial charge in [-0.15, -0.1) is 0 Å². The maximum atomic E-state index is 13.4. The summed E-state index contributed by atoms with van der Waals surface area (Å²) in [6.45, 7) is 0.397. The minimum absolute atomic E-state index is 0.0957. The monoisotopic (exact) mass is 482 g/mol. The van der Waals surface area contributed by atoms with Crippen LogP contribution in [0.1, 0.15) is 42.5 Å². The molecule has 3 amide bonds. The summed E-state index contributed by atoms with van der Waals surface area (Å²) in [5.74, 6) is -0.529. The lowest BCUT2D eigenvalue weighted by molar-refractivity contribution is -0.137.